The Bertz CT molecular complexity index is 642. The predicted octanol–water partition coefficient (Wildman–Crippen LogP) is 3.20. The summed E-state index contributed by atoms with van der Waals surface area (Å²) in [5, 5.41) is 2.92. The van der Waals surface area contributed by atoms with Crippen LogP contribution in [0.5, 0.6) is 5.75 Å². The van der Waals surface area contributed by atoms with Crippen molar-refractivity contribution in [3.63, 3.8) is 0 Å². The second-order valence-corrected chi connectivity index (χ2v) is 5.13. The second kappa shape index (κ2) is 9.18. The normalized spacial score (nSPS) is 9.87. The molecule has 23 heavy (non-hydrogen) atoms. The van der Waals surface area contributed by atoms with Crippen LogP contribution < -0.4 is 15.8 Å². The predicted molar refractivity (Wildman–Crippen MR) is 95.1 cm³/mol. The number of ether oxygens (including phenoxy) is 1. The number of carbonyl (C=O) groups is 1. The van der Waals surface area contributed by atoms with Crippen LogP contribution in [0.1, 0.15) is 34.0 Å². The highest BCUT2D eigenvalue weighted by molar-refractivity contribution is 5.94. The molecule has 0 saturated heterocycles. The van der Waals surface area contributed by atoms with Gasteiger partial charge < -0.3 is 15.8 Å². The van der Waals surface area contributed by atoms with E-state index in [1.807, 2.05) is 44.2 Å². The first kappa shape index (κ1) is 19.0. The molecule has 0 heterocycles. The van der Waals surface area contributed by atoms with Gasteiger partial charge in [-0.15, -0.1) is 12.4 Å². The molecule has 1 amide bonds. The van der Waals surface area contributed by atoms with E-state index in [-0.39, 0.29) is 18.3 Å². The zero-order valence-corrected chi connectivity index (χ0v) is 14.3. The maximum absolute atomic E-state index is 12.2. The van der Waals surface area contributed by atoms with Crippen molar-refractivity contribution in [2.75, 3.05) is 6.61 Å². The monoisotopic (exact) mass is 334 g/mol. The van der Waals surface area contributed by atoms with E-state index in [2.05, 4.69) is 5.32 Å². The van der Waals surface area contributed by atoms with Gasteiger partial charge in [-0.25, -0.2) is 0 Å². The third-order valence-corrected chi connectivity index (χ3v) is 3.41. The molecule has 0 spiro atoms. The molecule has 3 N–H and O–H groups in total. The number of nitrogens with two attached hydrogens (primary N) is 1. The summed E-state index contributed by atoms with van der Waals surface area (Å²) in [5.41, 5.74) is 9.30. The molecule has 124 valence electrons. The highest BCUT2D eigenvalue weighted by atomic mass is 35.5. The number of hydrogen-bond donors (Lipinski definition) is 2. The number of benzene rings is 2. The molecule has 2 aromatic carbocycles. The van der Waals surface area contributed by atoms with E-state index < -0.39 is 0 Å². The van der Waals surface area contributed by atoms with Gasteiger partial charge in [-0.05, 0) is 43.2 Å². The molecule has 0 aliphatic carbocycles. The quantitative estimate of drug-likeness (QED) is 0.852. The smallest absolute Gasteiger partial charge is 0.251 e. The Morgan fingerprint density at radius 3 is 2.48 bits per heavy atom. The second-order valence-electron chi connectivity index (χ2n) is 5.13. The Morgan fingerprint density at radius 1 is 1.17 bits per heavy atom. The first-order valence-corrected chi connectivity index (χ1v) is 7.43. The fourth-order valence-corrected chi connectivity index (χ4v) is 2.17. The third kappa shape index (κ3) is 5.27. The number of hydrogen-bond acceptors (Lipinski definition) is 3. The highest BCUT2D eigenvalue weighted by Gasteiger charge is 2.08. The van der Waals surface area contributed by atoms with Crippen molar-refractivity contribution in [1.29, 1.82) is 0 Å². The molecule has 0 aliphatic rings. The molecule has 0 saturated carbocycles. The Kier molecular flexibility index (Phi) is 7.59. The van der Waals surface area contributed by atoms with Gasteiger partial charge in [0.15, 0.2) is 0 Å². The SMILES string of the molecule is CCOc1cc(C)ccc1CNC(=O)c1ccc(CN)cc1.Cl. The summed E-state index contributed by atoms with van der Waals surface area (Å²) in [6.45, 7) is 5.48. The van der Waals surface area contributed by atoms with Gasteiger partial charge in [-0.2, -0.15) is 0 Å². The molecule has 5 heteroatoms. The lowest BCUT2D eigenvalue weighted by molar-refractivity contribution is 0.0950. The van der Waals surface area contributed by atoms with Crippen molar-refractivity contribution in [2.45, 2.75) is 26.9 Å². The lowest BCUT2D eigenvalue weighted by Crippen LogP contribution is -2.23. The van der Waals surface area contributed by atoms with Crippen LogP contribution in [0.4, 0.5) is 0 Å². The lowest BCUT2D eigenvalue weighted by Gasteiger charge is -2.12. The maximum Gasteiger partial charge on any atom is 0.251 e. The van der Waals surface area contributed by atoms with Crippen molar-refractivity contribution in [2.24, 2.45) is 5.73 Å². The van der Waals surface area contributed by atoms with E-state index in [1.165, 1.54) is 0 Å². The summed E-state index contributed by atoms with van der Waals surface area (Å²) in [6.07, 6.45) is 0. The number of carbonyl (C=O) groups excluding carboxylic acids is 1. The van der Waals surface area contributed by atoms with Crippen LogP contribution >= 0.6 is 12.4 Å². The van der Waals surface area contributed by atoms with Crippen LogP contribution in [0.2, 0.25) is 0 Å². The number of nitrogens with one attached hydrogen (secondary N) is 1. The molecule has 0 bridgehead atoms. The first-order chi connectivity index (χ1) is 10.6. The number of aryl methyl sites for hydroxylation is 1. The van der Waals surface area contributed by atoms with Gasteiger partial charge in [0.25, 0.3) is 5.91 Å². The third-order valence-electron chi connectivity index (χ3n) is 3.41. The average Bonchev–Trinajstić information content (AvgIpc) is 2.54. The number of rotatable bonds is 6. The van der Waals surface area contributed by atoms with E-state index in [9.17, 15) is 4.79 Å². The van der Waals surface area contributed by atoms with Crippen molar-refractivity contribution in [3.05, 3.63) is 64.7 Å². The standard InChI is InChI=1S/C18H22N2O2.ClH/c1-3-22-17-10-13(2)4-7-16(17)12-20-18(21)15-8-5-14(11-19)6-9-15;/h4-10H,3,11-12,19H2,1-2H3,(H,20,21);1H. The summed E-state index contributed by atoms with van der Waals surface area (Å²) in [7, 11) is 0. The van der Waals surface area contributed by atoms with E-state index in [1.54, 1.807) is 12.1 Å². The van der Waals surface area contributed by atoms with E-state index in [4.69, 9.17) is 10.5 Å². The molecule has 4 nitrogen and oxygen atoms in total. The van der Waals surface area contributed by atoms with Crippen molar-refractivity contribution in [1.82, 2.24) is 5.32 Å². The zero-order valence-electron chi connectivity index (χ0n) is 13.5. The summed E-state index contributed by atoms with van der Waals surface area (Å²) in [5.74, 6) is 0.716. The summed E-state index contributed by atoms with van der Waals surface area (Å²) < 4.78 is 5.62. The van der Waals surface area contributed by atoms with Crippen molar-refractivity contribution >= 4 is 18.3 Å². The van der Waals surface area contributed by atoms with E-state index >= 15 is 0 Å². The Morgan fingerprint density at radius 2 is 1.87 bits per heavy atom. The molecule has 0 aliphatic heterocycles. The highest BCUT2D eigenvalue weighted by Crippen LogP contribution is 2.20. The molecule has 0 aromatic heterocycles. The number of halogens is 1. The molecule has 2 rings (SSSR count). The molecular weight excluding hydrogens is 312 g/mol. The fraction of sp³-hybridized carbons (Fsp3) is 0.278. The van der Waals surface area contributed by atoms with Crippen LogP contribution in [0.3, 0.4) is 0 Å². The largest absolute Gasteiger partial charge is 0.494 e. The number of amides is 1. The summed E-state index contributed by atoms with van der Waals surface area (Å²) in [4.78, 5) is 12.2. The van der Waals surface area contributed by atoms with Gasteiger partial charge in [0.05, 0.1) is 6.61 Å². The van der Waals surface area contributed by atoms with E-state index in [0.29, 0.717) is 25.3 Å². The molecule has 0 unspecified atom stereocenters. The fourth-order valence-electron chi connectivity index (χ4n) is 2.17. The Labute approximate surface area is 143 Å². The maximum atomic E-state index is 12.2. The lowest BCUT2D eigenvalue weighted by atomic mass is 10.1. The van der Waals surface area contributed by atoms with Gasteiger partial charge in [0.1, 0.15) is 5.75 Å². The van der Waals surface area contributed by atoms with Crippen LogP contribution in [0.15, 0.2) is 42.5 Å². The van der Waals surface area contributed by atoms with E-state index in [0.717, 1.165) is 22.4 Å². The molecule has 0 atom stereocenters. The van der Waals surface area contributed by atoms with Crippen molar-refractivity contribution < 1.29 is 9.53 Å². The zero-order chi connectivity index (χ0) is 15.9. The average molecular weight is 335 g/mol. The molecular formula is C18H23ClN2O2. The van der Waals surface area contributed by atoms with Gasteiger partial charge in [-0.3, -0.25) is 4.79 Å². The summed E-state index contributed by atoms with van der Waals surface area (Å²) >= 11 is 0. The topological polar surface area (TPSA) is 64.3 Å². The minimum absolute atomic E-state index is 0. The Hall–Kier alpha value is -2.04. The molecule has 0 fully saturated rings. The Balaban J connectivity index is 0.00000264. The van der Waals surface area contributed by atoms with Crippen LogP contribution in [-0.4, -0.2) is 12.5 Å². The molecule has 0 radical (unpaired) electrons. The minimum Gasteiger partial charge on any atom is -0.494 e. The van der Waals surface area contributed by atoms with Crippen LogP contribution in [0, 0.1) is 6.92 Å². The van der Waals surface area contributed by atoms with Gasteiger partial charge in [0, 0.05) is 24.2 Å². The van der Waals surface area contributed by atoms with Crippen molar-refractivity contribution in [3.8, 4) is 5.75 Å². The molecule has 2 aromatic rings. The van der Waals surface area contributed by atoms with Crippen LogP contribution in [-0.2, 0) is 13.1 Å². The van der Waals surface area contributed by atoms with Crippen LogP contribution in [0.25, 0.3) is 0 Å². The van der Waals surface area contributed by atoms with Gasteiger partial charge in [0.2, 0.25) is 0 Å². The van der Waals surface area contributed by atoms with Gasteiger partial charge in [-0.1, -0.05) is 24.3 Å². The first-order valence-electron chi connectivity index (χ1n) is 7.43. The minimum atomic E-state index is -0.105. The summed E-state index contributed by atoms with van der Waals surface area (Å²) in [6, 6.07) is 13.3. The van der Waals surface area contributed by atoms with Gasteiger partial charge >= 0.3 is 0 Å².